The van der Waals surface area contributed by atoms with Gasteiger partial charge in [-0.3, -0.25) is 0 Å². The second-order valence-corrected chi connectivity index (χ2v) is 12.6. The maximum absolute atomic E-state index is 6.14. The molecule has 0 fully saturated rings. The molecule has 0 radical (unpaired) electrons. The standard InChI is InChI=1S/C45H29N3O2/c1-2-10-28(11-3-1)29-12-8-14-32(24-29)43-46-44(48-45(47-43)34-21-23-42-38(27-34)36-17-5-7-19-40(36)50-42)33-15-9-13-30(25-33)31-20-22-41-37(26-31)35-16-4-6-18-39(35)49-41/h1-27,44H,(H,46,47,48). The quantitative estimate of drug-likeness (QED) is 0.203. The van der Waals surface area contributed by atoms with Crippen LogP contribution in [-0.2, 0) is 0 Å². The molecule has 0 saturated carbocycles. The Hall–Kier alpha value is -6.72. The van der Waals surface area contributed by atoms with Crippen molar-refractivity contribution in [1.82, 2.24) is 5.32 Å². The van der Waals surface area contributed by atoms with Crippen LogP contribution in [0.15, 0.2) is 183 Å². The number of hydrogen-bond acceptors (Lipinski definition) is 5. The van der Waals surface area contributed by atoms with Crippen LogP contribution in [0.25, 0.3) is 66.1 Å². The Morgan fingerprint density at radius 1 is 0.360 bits per heavy atom. The molecule has 5 heteroatoms. The topological polar surface area (TPSA) is 63.0 Å². The largest absolute Gasteiger partial charge is 0.456 e. The summed E-state index contributed by atoms with van der Waals surface area (Å²) >= 11 is 0. The third kappa shape index (κ3) is 4.87. The summed E-state index contributed by atoms with van der Waals surface area (Å²) in [5, 5.41) is 7.96. The monoisotopic (exact) mass is 643 g/mol. The van der Waals surface area contributed by atoms with Crippen molar-refractivity contribution in [3.8, 4) is 22.3 Å². The summed E-state index contributed by atoms with van der Waals surface area (Å²) in [4.78, 5) is 10.5. The summed E-state index contributed by atoms with van der Waals surface area (Å²) in [7, 11) is 0. The molecular weight excluding hydrogens is 615 g/mol. The minimum Gasteiger partial charge on any atom is -0.456 e. The van der Waals surface area contributed by atoms with Crippen molar-refractivity contribution < 1.29 is 8.83 Å². The van der Waals surface area contributed by atoms with Crippen molar-refractivity contribution in [2.75, 3.05) is 0 Å². The van der Waals surface area contributed by atoms with Gasteiger partial charge in [0.05, 0.1) is 0 Å². The molecule has 3 heterocycles. The summed E-state index contributed by atoms with van der Waals surface area (Å²) in [6, 6.07) is 56.5. The first kappa shape index (κ1) is 28.3. The highest BCUT2D eigenvalue weighted by atomic mass is 16.3. The van der Waals surface area contributed by atoms with Crippen molar-refractivity contribution >= 4 is 55.5 Å². The Morgan fingerprint density at radius 3 is 1.54 bits per heavy atom. The molecule has 1 aliphatic rings. The van der Waals surface area contributed by atoms with Crippen LogP contribution >= 0.6 is 0 Å². The van der Waals surface area contributed by atoms with Crippen LogP contribution in [0, 0.1) is 0 Å². The molecule has 7 aromatic carbocycles. The first-order chi connectivity index (χ1) is 24.7. The van der Waals surface area contributed by atoms with Gasteiger partial charge in [-0.15, -0.1) is 0 Å². The van der Waals surface area contributed by atoms with E-state index in [1.165, 1.54) is 0 Å². The molecule has 236 valence electrons. The molecule has 1 N–H and O–H groups in total. The maximum atomic E-state index is 6.14. The fourth-order valence-electron chi connectivity index (χ4n) is 7.03. The Bertz CT molecular complexity index is 2810. The van der Waals surface area contributed by atoms with E-state index < -0.39 is 6.17 Å². The number of furan rings is 2. The lowest BCUT2D eigenvalue weighted by Gasteiger charge is -2.23. The summed E-state index contributed by atoms with van der Waals surface area (Å²) in [6.07, 6.45) is -0.461. The van der Waals surface area contributed by atoms with Gasteiger partial charge in [0, 0.05) is 32.7 Å². The number of hydrogen-bond donors (Lipinski definition) is 1. The Morgan fingerprint density at radius 2 is 0.840 bits per heavy atom. The van der Waals surface area contributed by atoms with Gasteiger partial charge in [0.1, 0.15) is 34.0 Å². The average Bonchev–Trinajstić information content (AvgIpc) is 3.76. The lowest BCUT2D eigenvalue weighted by atomic mass is 9.99. The molecule has 0 bridgehead atoms. The number of fused-ring (bicyclic) bond motifs is 6. The van der Waals surface area contributed by atoms with Crippen molar-refractivity contribution in [2.45, 2.75) is 6.17 Å². The van der Waals surface area contributed by atoms with Gasteiger partial charge in [-0.05, 0) is 82.4 Å². The lowest BCUT2D eigenvalue weighted by Crippen LogP contribution is -2.36. The van der Waals surface area contributed by atoms with Crippen LogP contribution in [0.4, 0.5) is 0 Å². The summed E-state index contributed by atoms with van der Waals surface area (Å²) in [6.45, 7) is 0. The first-order valence-electron chi connectivity index (χ1n) is 16.8. The normalized spacial score (nSPS) is 14.6. The van der Waals surface area contributed by atoms with Crippen LogP contribution in [0.5, 0.6) is 0 Å². The zero-order chi connectivity index (χ0) is 33.0. The smallest absolute Gasteiger partial charge is 0.169 e. The summed E-state index contributed by atoms with van der Waals surface area (Å²) in [5.41, 5.74) is 11.0. The fraction of sp³-hybridized carbons (Fsp3) is 0.0222. The number of nitrogens with zero attached hydrogens (tertiary/aromatic N) is 2. The van der Waals surface area contributed by atoms with E-state index in [1.807, 2.05) is 42.5 Å². The number of amidine groups is 2. The van der Waals surface area contributed by atoms with Crippen molar-refractivity contribution in [2.24, 2.45) is 9.98 Å². The molecule has 0 aliphatic carbocycles. The van der Waals surface area contributed by atoms with Crippen LogP contribution in [-0.4, -0.2) is 11.7 Å². The van der Waals surface area contributed by atoms with Crippen LogP contribution in [0.1, 0.15) is 22.9 Å². The van der Waals surface area contributed by atoms with Crippen molar-refractivity contribution in [3.05, 3.63) is 180 Å². The molecular formula is C45H29N3O2. The van der Waals surface area contributed by atoms with Gasteiger partial charge in [0.2, 0.25) is 0 Å². The van der Waals surface area contributed by atoms with E-state index in [9.17, 15) is 0 Å². The van der Waals surface area contributed by atoms with Crippen molar-refractivity contribution in [1.29, 1.82) is 0 Å². The van der Waals surface area contributed by atoms with E-state index in [1.54, 1.807) is 0 Å². The minimum atomic E-state index is -0.461. The zero-order valence-electron chi connectivity index (χ0n) is 26.9. The van der Waals surface area contributed by atoms with Crippen LogP contribution in [0.2, 0.25) is 0 Å². The molecule has 2 aromatic heterocycles. The first-order valence-corrected chi connectivity index (χ1v) is 16.8. The van der Waals surface area contributed by atoms with Gasteiger partial charge in [0.25, 0.3) is 0 Å². The van der Waals surface area contributed by atoms with Crippen LogP contribution in [0.3, 0.4) is 0 Å². The predicted octanol–water partition coefficient (Wildman–Crippen LogP) is 11.3. The average molecular weight is 644 g/mol. The third-order valence-electron chi connectivity index (χ3n) is 9.53. The van der Waals surface area contributed by atoms with Gasteiger partial charge in [-0.1, -0.05) is 109 Å². The number of rotatable bonds is 5. The summed E-state index contributed by atoms with van der Waals surface area (Å²) in [5.74, 6) is 1.53. The van der Waals surface area contributed by atoms with Crippen LogP contribution < -0.4 is 5.32 Å². The molecule has 50 heavy (non-hydrogen) atoms. The Labute approximate surface area is 287 Å². The molecule has 0 spiro atoms. The van der Waals surface area contributed by atoms with Gasteiger partial charge in [-0.25, -0.2) is 9.98 Å². The second kappa shape index (κ2) is 11.5. The molecule has 0 amide bonds. The lowest BCUT2D eigenvalue weighted by molar-refractivity contribution is 0.668. The minimum absolute atomic E-state index is 0.461. The highest BCUT2D eigenvalue weighted by molar-refractivity contribution is 6.18. The zero-order valence-corrected chi connectivity index (χ0v) is 26.9. The van der Waals surface area contributed by atoms with E-state index in [-0.39, 0.29) is 0 Å². The summed E-state index contributed by atoms with van der Waals surface area (Å²) < 4.78 is 12.2. The van der Waals surface area contributed by atoms with E-state index in [0.29, 0.717) is 0 Å². The molecule has 1 unspecified atom stereocenters. The number of para-hydroxylation sites is 2. The maximum Gasteiger partial charge on any atom is 0.169 e. The molecule has 10 rings (SSSR count). The SMILES string of the molecule is c1ccc(-c2cccc(C3=NC(c4cccc(-c5ccc6oc7ccccc7c6c5)c4)N=C(c4ccc5oc6ccccc6c5c4)N3)c2)cc1. The predicted molar refractivity (Wildman–Crippen MR) is 204 cm³/mol. The van der Waals surface area contributed by atoms with Gasteiger partial charge in [-0.2, -0.15) is 0 Å². The highest BCUT2D eigenvalue weighted by Crippen LogP contribution is 2.35. The second-order valence-electron chi connectivity index (χ2n) is 12.6. The van der Waals surface area contributed by atoms with E-state index in [2.05, 4.69) is 127 Å². The molecule has 9 aromatic rings. The molecule has 1 atom stereocenters. The number of nitrogens with one attached hydrogen (secondary N) is 1. The molecule has 5 nitrogen and oxygen atoms in total. The third-order valence-corrected chi connectivity index (χ3v) is 9.53. The van der Waals surface area contributed by atoms with E-state index >= 15 is 0 Å². The Balaban J connectivity index is 1.09. The van der Waals surface area contributed by atoms with Gasteiger partial charge in [0.15, 0.2) is 6.17 Å². The van der Waals surface area contributed by atoms with Gasteiger partial charge < -0.3 is 14.2 Å². The number of aliphatic imine (C=N–C) groups is 2. The van der Waals surface area contributed by atoms with E-state index in [0.717, 1.165) is 94.5 Å². The molecule has 0 saturated heterocycles. The van der Waals surface area contributed by atoms with E-state index in [4.69, 9.17) is 18.8 Å². The number of benzene rings is 7. The van der Waals surface area contributed by atoms with Crippen molar-refractivity contribution in [3.63, 3.8) is 0 Å². The van der Waals surface area contributed by atoms with Gasteiger partial charge >= 0.3 is 0 Å². The Kier molecular flexibility index (Phi) is 6.49. The molecule has 1 aliphatic heterocycles. The highest BCUT2D eigenvalue weighted by Gasteiger charge is 2.22. The fourth-order valence-corrected chi connectivity index (χ4v) is 7.03.